The Balaban J connectivity index is 2.17. The van der Waals surface area contributed by atoms with Crippen molar-refractivity contribution in [3.63, 3.8) is 0 Å². The van der Waals surface area contributed by atoms with Crippen LogP contribution in [0, 0.1) is 10.1 Å². The third-order valence-corrected chi connectivity index (χ3v) is 3.19. The van der Waals surface area contributed by atoms with Gasteiger partial charge in [0.2, 0.25) is 5.82 Å². The first kappa shape index (κ1) is 17.1. The van der Waals surface area contributed by atoms with Gasteiger partial charge >= 0.3 is 5.82 Å². The molecule has 0 radical (unpaired) electrons. The van der Waals surface area contributed by atoms with Crippen LogP contribution >= 0.6 is 0 Å². The van der Waals surface area contributed by atoms with Gasteiger partial charge in [0.15, 0.2) is 0 Å². The van der Waals surface area contributed by atoms with Gasteiger partial charge in [0.05, 0.1) is 6.20 Å². The standard InChI is InChI=1S/C17H18N4O3/c1-4-20-15(18-11-16(20)21(23)24)10-7-13-5-8-14(9-6-13)17(22)19-12(2)3/h4-12H,1H2,2-3H3,(H,19,22)/b10-7-. The molecule has 1 aromatic heterocycles. The van der Waals surface area contributed by atoms with Crippen LogP contribution in [0.5, 0.6) is 0 Å². The average molecular weight is 326 g/mol. The van der Waals surface area contributed by atoms with Crippen molar-refractivity contribution in [2.45, 2.75) is 19.9 Å². The molecule has 1 N–H and O–H groups in total. The van der Waals surface area contributed by atoms with E-state index in [2.05, 4.69) is 16.9 Å². The Morgan fingerprint density at radius 2 is 2.00 bits per heavy atom. The largest absolute Gasteiger partial charge is 0.358 e. The van der Waals surface area contributed by atoms with E-state index in [0.29, 0.717) is 11.4 Å². The Morgan fingerprint density at radius 1 is 1.33 bits per heavy atom. The van der Waals surface area contributed by atoms with Gasteiger partial charge in [0.25, 0.3) is 5.91 Å². The molecular formula is C17H18N4O3. The van der Waals surface area contributed by atoms with Gasteiger partial charge in [-0.3, -0.25) is 4.79 Å². The molecule has 1 aromatic carbocycles. The highest BCUT2D eigenvalue weighted by atomic mass is 16.6. The van der Waals surface area contributed by atoms with Gasteiger partial charge in [-0.1, -0.05) is 18.7 Å². The van der Waals surface area contributed by atoms with E-state index in [4.69, 9.17) is 0 Å². The minimum absolute atomic E-state index is 0.0747. The third-order valence-electron chi connectivity index (χ3n) is 3.19. The van der Waals surface area contributed by atoms with Crippen LogP contribution < -0.4 is 5.32 Å². The van der Waals surface area contributed by atoms with Crippen molar-refractivity contribution in [2.24, 2.45) is 0 Å². The normalized spacial score (nSPS) is 11.0. The summed E-state index contributed by atoms with van der Waals surface area (Å²) in [6.07, 6.45) is 5.93. The second kappa shape index (κ2) is 7.36. The van der Waals surface area contributed by atoms with E-state index in [-0.39, 0.29) is 17.8 Å². The molecule has 2 rings (SSSR count). The Labute approximate surface area is 139 Å². The molecule has 1 heterocycles. The molecule has 1 amide bonds. The lowest BCUT2D eigenvalue weighted by Gasteiger charge is -2.08. The van der Waals surface area contributed by atoms with E-state index >= 15 is 0 Å². The monoisotopic (exact) mass is 326 g/mol. The Morgan fingerprint density at radius 3 is 2.54 bits per heavy atom. The van der Waals surface area contributed by atoms with Crippen molar-refractivity contribution < 1.29 is 9.72 Å². The maximum Gasteiger partial charge on any atom is 0.347 e. The molecule has 0 fully saturated rings. The summed E-state index contributed by atoms with van der Waals surface area (Å²) in [5.74, 6) is 0.127. The van der Waals surface area contributed by atoms with Crippen molar-refractivity contribution in [1.29, 1.82) is 0 Å². The van der Waals surface area contributed by atoms with E-state index in [9.17, 15) is 14.9 Å². The van der Waals surface area contributed by atoms with Crippen molar-refractivity contribution in [3.8, 4) is 0 Å². The van der Waals surface area contributed by atoms with Crippen LogP contribution in [0.15, 0.2) is 37.0 Å². The van der Waals surface area contributed by atoms with Crippen LogP contribution in [0.3, 0.4) is 0 Å². The topological polar surface area (TPSA) is 90.1 Å². The van der Waals surface area contributed by atoms with Crippen LogP contribution in [0.4, 0.5) is 5.82 Å². The van der Waals surface area contributed by atoms with Gasteiger partial charge in [0.1, 0.15) is 6.20 Å². The number of hydrogen-bond donors (Lipinski definition) is 1. The number of aromatic nitrogens is 2. The zero-order valence-electron chi connectivity index (χ0n) is 13.5. The summed E-state index contributed by atoms with van der Waals surface area (Å²) in [5, 5.41) is 13.7. The van der Waals surface area contributed by atoms with Crippen molar-refractivity contribution >= 4 is 30.1 Å². The number of nitrogens with one attached hydrogen (secondary N) is 1. The Hall–Kier alpha value is -3.22. The number of amides is 1. The number of carbonyl (C=O) groups is 1. The molecule has 7 nitrogen and oxygen atoms in total. The van der Waals surface area contributed by atoms with Crippen LogP contribution in [0.25, 0.3) is 18.4 Å². The van der Waals surface area contributed by atoms with E-state index in [0.717, 1.165) is 5.56 Å². The lowest BCUT2D eigenvalue weighted by atomic mass is 10.1. The first-order chi connectivity index (χ1) is 11.4. The van der Waals surface area contributed by atoms with Crippen LogP contribution in [-0.4, -0.2) is 26.4 Å². The number of benzene rings is 1. The summed E-state index contributed by atoms with van der Waals surface area (Å²) in [7, 11) is 0. The number of carbonyl (C=O) groups excluding carboxylic acids is 1. The fraction of sp³-hybridized carbons (Fsp3) is 0.176. The first-order valence-corrected chi connectivity index (χ1v) is 7.35. The predicted octanol–water partition coefficient (Wildman–Crippen LogP) is 3.20. The van der Waals surface area contributed by atoms with E-state index in [1.54, 1.807) is 36.4 Å². The lowest BCUT2D eigenvalue weighted by molar-refractivity contribution is -0.390. The molecule has 0 unspecified atom stereocenters. The maximum atomic E-state index is 11.9. The summed E-state index contributed by atoms with van der Waals surface area (Å²) >= 11 is 0. The lowest BCUT2D eigenvalue weighted by Crippen LogP contribution is -2.29. The Kier molecular flexibility index (Phi) is 5.26. The minimum atomic E-state index is -0.520. The number of nitro groups is 1. The molecule has 0 atom stereocenters. The highest BCUT2D eigenvalue weighted by molar-refractivity contribution is 5.94. The van der Waals surface area contributed by atoms with Gasteiger partial charge in [-0.2, -0.15) is 4.57 Å². The van der Waals surface area contributed by atoms with Crippen molar-refractivity contribution in [2.75, 3.05) is 0 Å². The predicted molar refractivity (Wildman–Crippen MR) is 93.2 cm³/mol. The molecule has 0 spiro atoms. The SMILES string of the molecule is C=Cn1c([N+](=O)[O-])cnc1/C=C\c1ccc(C(=O)NC(C)C)cc1. The van der Waals surface area contributed by atoms with Crippen molar-refractivity contribution in [1.82, 2.24) is 14.9 Å². The number of nitrogens with zero attached hydrogens (tertiary/aromatic N) is 3. The summed E-state index contributed by atoms with van der Waals surface area (Å²) in [4.78, 5) is 26.2. The minimum Gasteiger partial charge on any atom is -0.358 e. The number of hydrogen-bond acceptors (Lipinski definition) is 4. The molecule has 7 heteroatoms. The van der Waals surface area contributed by atoms with Gasteiger partial charge in [0, 0.05) is 17.7 Å². The maximum absolute atomic E-state index is 11.9. The summed E-state index contributed by atoms with van der Waals surface area (Å²) in [6.45, 7) is 7.35. The third kappa shape index (κ3) is 3.95. The second-order valence-electron chi connectivity index (χ2n) is 5.37. The zero-order valence-corrected chi connectivity index (χ0v) is 13.5. The van der Waals surface area contributed by atoms with Crippen LogP contribution in [0.1, 0.15) is 35.6 Å². The fourth-order valence-electron chi connectivity index (χ4n) is 2.07. The van der Waals surface area contributed by atoms with Crippen LogP contribution in [0.2, 0.25) is 0 Å². The van der Waals surface area contributed by atoms with E-state index in [1.807, 2.05) is 13.8 Å². The summed E-state index contributed by atoms with van der Waals surface area (Å²) in [5.41, 5.74) is 1.42. The summed E-state index contributed by atoms with van der Waals surface area (Å²) < 4.78 is 1.29. The van der Waals surface area contributed by atoms with E-state index in [1.165, 1.54) is 17.0 Å². The van der Waals surface area contributed by atoms with Gasteiger partial charge < -0.3 is 15.4 Å². The highest BCUT2D eigenvalue weighted by Gasteiger charge is 2.15. The van der Waals surface area contributed by atoms with Crippen LogP contribution in [-0.2, 0) is 0 Å². The molecule has 24 heavy (non-hydrogen) atoms. The molecule has 0 aliphatic rings. The smallest absolute Gasteiger partial charge is 0.347 e. The molecular weight excluding hydrogens is 308 g/mol. The molecule has 0 saturated heterocycles. The zero-order chi connectivity index (χ0) is 17.7. The second-order valence-corrected chi connectivity index (χ2v) is 5.37. The number of rotatable bonds is 6. The van der Waals surface area contributed by atoms with Gasteiger partial charge in [-0.25, -0.2) is 4.98 Å². The van der Waals surface area contributed by atoms with Crippen molar-refractivity contribution in [3.05, 3.63) is 64.1 Å². The molecule has 0 bridgehead atoms. The van der Waals surface area contributed by atoms with Gasteiger partial charge in [-0.05, 0) is 42.5 Å². The molecule has 0 aliphatic carbocycles. The average Bonchev–Trinajstić information content (AvgIpc) is 2.95. The highest BCUT2D eigenvalue weighted by Crippen LogP contribution is 2.16. The molecule has 0 saturated carbocycles. The number of imidazole rings is 1. The first-order valence-electron chi connectivity index (χ1n) is 7.35. The Bertz CT molecular complexity index is 789. The quantitative estimate of drug-likeness (QED) is 0.652. The van der Waals surface area contributed by atoms with Gasteiger partial charge in [-0.15, -0.1) is 0 Å². The fourth-order valence-corrected chi connectivity index (χ4v) is 2.07. The molecule has 0 aliphatic heterocycles. The van der Waals surface area contributed by atoms with E-state index < -0.39 is 4.92 Å². The molecule has 2 aromatic rings. The summed E-state index contributed by atoms with van der Waals surface area (Å²) in [6, 6.07) is 7.10. The molecule has 124 valence electrons.